The van der Waals surface area contributed by atoms with Crippen molar-refractivity contribution < 1.29 is 15.0 Å². The molecule has 158 valence electrons. The van der Waals surface area contributed by atoms with Gasteiger partial charge in [0.05, 0.1) is 0 Å². The van der Waals surface area contributed by atoms with Crippen molar-refractivity contribution in [2.45, 2.75) is 135 Å². The molecule has 3 nitrogen and oxygen atoms in total. The second-order valence-electron chi connectivity index (χ2n) is 7.51. The Morgan fingerprint density at radius 3 is 0.962 bits per heavy atom. The van der Waals surface area contributed by atoms with Crippen LogP contribution in [0.15, 0.2) is 0 Å². The summed E-state index contributed by atoms with van der Waals surface area (Å²) < 4.78 is 0. The van der Waals surface area contributed by atoms with Gasteiger partial charge in [-0.2, -0.15) is 0 Å². The Balaban J connectivity index is 0. The molecule has 0 heterocycles. The van der Waals surface area contributed by atoms with Gasteiger partial charge in [-0.25, -0.2) is 0 Å². The first-order chi connectivity index (χ1) is 12.8. The van der Waals surface area contributed by atoms with E-state index in [9.17, 15) is 4.79 Å². The van der Waals surface area contributed by atoms with E-state index in [1.165, 1.54) is 109 Å². The Morgan fingerprint density at radius 2 is 0.731 bits per heavy atom. The largest absolute Gasteiger partial charge is 0.481 e. The van der Waals surface area contributed by atoms with E-state index in [1.54, 1.807) is 0 Å². The molecule has 0 unspecified atom stereocenters. The van der Waals surface area contributed by atoms with Crippen LogP contribution in [0, 0.1) is 0 Å². The van der Waals surface area contributed by atoms with Gasteiger partial charge in [0.15, 0.2) is 0 Å². The minimum absolute atomic E-state index is 0.346. The van der Waals surface area contributed by atoms with Crippen LogP contribution in [-0.2, 0) is 4.79 Å². The molecule has 0 rings (SSSR count). The predicted molar refractivity (Wildman–Crippen MR) is 114 cm³/mol. The third kappa shape index (κ3) is 28.2. The highest BCUT2D eigenvalue weighted by molar-refractivity contribution is 5.66. The minimum Gasteiger partial charge on any atom is -0.481 e. The highest BCUT2D eigenvalue weighted by Gasteiger charge is 1.97. The average molecular weight is 373 g/mol. The van der Waals surface area contributed by atoms with E-state index in [1.807, 2.05) is 0 Å². The standard InChI is InChI=1S/C22H44O2.CH4O/c1-2-3-4-5-6-7-8-9-10-11-12-13-14-15-16-17-18-19-20-21-22(23)24;1-2/h2-21H2,1H3,(H,23,24);2H,1H3. The molecule has 0 amide bonds. The van der Waals surface area contributed by atoms with E-state index in [4.69, 9.17) is 10.2 Å². The molecule has 0 aromatic rings. The van der Waals surface area contributed by atoms with Gasteiger partial charge in [-0.05, 0) is 6.42 Å². The second-order valence-corrected chi connectivity index (χ2v) is 7.51. The van der Waals surface area contributed by atoms with Crippen molar-refractivity contribution >= 4 is 5.97 Å². The first-order valence-electron chi connectivity index (χ1n) is 11.4. The topological polar surface area (TPSA) is 57.5 Å². The monoisotopic (exact) mass is 372 g/mol. The van der Waals surface area contributed by atoms with Crippen molar-refractivity contribution in [3.63, 3.8) is 0 Å². The van der Waals surface area contributed by atoms with Crippen molar-refractivity contribution in [3.8, 4) is 0 Å². The Bertz CT molecular complexity index is 254. The van der Waals surface area contributed by atoms with Crippen LogP contribution < -0.4 is 0 Å². The normalized spacial score (nSPS) is 10.4. The lowest BCUT2D eigenvalue weighted by Crippen LogP contribution is -1.93. The van der Waals surface area contributed by atoms with Crippen molar-refractivity contribution in [3.05, 3.63) is 0 Å². The number of rotatable bonds is 20. The van der Waals surface area contributed by atoms with Gasteiger partial charge in [0.1, 0.15) is 0 Å². The van der Waals surface area contributed by atoms with Crippen LogP contribution in [0.1, 0.15) is 135 Å². The lowest BCUT2D eigenvalue weighted by molar-refractivity contribution is -0.137. The zero-order chi connectivity index (χ0) is 19.7. The van der Waals surface area contributed by atoms with Gasteiger partial charge in [-0.15, -0.1) is 0 Å². The van der Waals surface area contributed by atoms with Gasteiger partial charge >= 0.3 is 5.97 Å². The predicted octanol–water partition coefficient (Wildman–Crippen LogP) is 7.50. The Kier molecular flexibility index (Phi) is 28.3. The van der Waals surface area contributed by atoms with Gasteiger partial charge < -0.3 is 10.2 Å². The highest BCUT2D eigenvalue weighted by atomic mass is 16.4. The quantitative estimate of drug-likeness (QED) is 0.217. The molecule has 0 atom stereocenters. The van der Waals surface area contributed by atoms with Crippen LogP contribution >= 0.6 is 0 Å². The maximum Gasteiger partial charge on any atom is 0.303 e. The summed E-state index contributed by atoms with van der Waals surface area (Å²) in [6, 6.07) is 0. The summed E-state index contributed by atoms with van der Waals surface area (Å²) in [5, 5.41) is 15.6. The number of aliphatic hydroxyl groups is 1. The molecule has 0 aromatic carbocycles. The number of carboxylic acids is 1. The summed E-state index contributed by atoms with van der Waals surface area (Å²) in [7, 11) is 1.00. The first-order valence-corrected chi connectivity index (χ1v) is 11.4. The van der Waals surface area contributed by atoms with Gasteiger partial charge in [-0.1, -0.05) is 122 Å². The molecule has 0 aromatic heterocycles. The second kappa shape index (κ2) is 26.7. The van der Waals surface area contributed by atoms with Gasteiger partial charge in [0, 0.05) is 13.5 Å². The maximum absolute atomic E-state index is 10.4. The smallest absolute Gasteiger partial charge is 0.303 e. The summed E-state index contributed by atoms with van der Waals surface area (Å²) in [5.41, 5.74) is 0. The summed E-state index contributed by atoms with van der Waals surface area (Å²) in [6.07, 6.45) is 26.1. The van der Waals surface area contributed by atoms with E-state index in [-0.39, 0.29) is 0 Å². The van der Waals surface area contributed by atoms with E-state index >= 15 is 0 Å². The van der Waals surface area contributed by atoms with Crippen LogP contribution in [0.2, 0.25) is 0 Å². The van der Waals surface area contributed by atoms with E-state index in [0.29, 0.717) is 6.42 Å². The van der Waals surface area contributed by atoms with Crippen molar-refractivity contribution in [2.75, 3.05) is 7.11 Å². The summed E-state index contributed by atoms with van der Waals surface area (Å²) >= 11 is 0. The third-order valence-corrected chi connectivity index (χ3v) is 4.99. The van der Waals surface area contributed by atoms with E-state index < -0.39 is 5.97 Å². The number of unbranched alkanes of at least 4 members (excludes halogenated alkanes) is 18. The van der Waals surface area contributed by atoms with E-state index in [2.05, 4.69) is 6.92 Å². The van der Waals surface area contributed by atoms with Gasteiger partial charge in [0.25, 0.3) is 0 Å². The number of hydrogen-bond donors (Lipinski definition) is 2. The zero-order valence-corrected chi connectivity index (χ0v) is 17.9. The molecule has 0 aliphatic rings. The van der Waals surface area contributed by atoms with Crippen molar-refractivity contribution in [1.82, 2.24) is 0 Å². The summed E-state index contributed by atoms with van der Waals surface area (Å²) in [6.45, 7) is 2.28. The summed E-state index contributed by atoms with van der Waals surface area (Å²) in [5.74, 6) is -0.651. The molecule has 0 aliphatic heterocycles. The first kappa shape index (κ1) is 27.6. The molecule has 0 spiro atoms. The SMILES string of the molecule is CCCCCCCCCCCCCCCCCCCCCC(=O)O.CO. The molecular formula is C23H48O3. The Morgan fingerprint density at radius 1 is 0.500 bits per heavy atom. The molecule has 0 bridgehead atoms. The zero-order valence-electron chi connectivity index (χ0n) is 17.9. The molecule has 2 N–H and O–H groups in total. The fourth-order valence-corrected chi connectivity index (χ4v) is 3.35. The molecule has 3 heteroatoms. The molecule has 0 saturated heterocycles. The lowest BCUT2D eigenvalue weighted by Gasteiger charge is -2.03. The Hall–Kier alpha value is -0.570. The molecular weight excluding hydrogens is 324 g/mol. The number of hydrogen-bond acceptors (Lipinski definition) is 2. The molecule has 26 heavy (non-hydrogen) atoms. The molecule has 0 aliphatic carbocycles. The highest BCUT2D eigenvalue weighted by Crippen LogP contribution is 2.14. The van der Waals surface area contributed by atoms with Crippen LogP contribution in [0.25, 0.3) is 0 Å². The third-order valence-electron chi connectivity index (χ3n) is 4.99. The number of carbonyl (C=O) groups is 1. The van der Waals surface area contributed by atoms with Gasteiger partial charge in [0.2, 0.25) is 0 Å². The Labute approximate surface area is 164 Å². The minimum atomic E-state index is -0.651. The molecule has 0 saturated carbocycles. The fourth-order valence-electron chi connectivity index (χ4n) is 3.35. The molecule has 0 fully saturated rings. The van der Waals surface area contributed by atoms with Crippen LogP contribution in [0.3, 0.4) is 0 Å². The molecule has 0 radical (unpaired) electrons. The van der Waals surface area contributed by atoms with Crippen LogP contribution in [0.5, 0.6) is 0 Å². The van der Waals surface area contributed by atoms with Crippen molar-refractivity contribution in [2.24, 2.45) is 0 Å². The number of aliphatic hydroxyl groups excluding tert-OH is 1. The average Bonchev–Trinajstić information content (AvgIpc) is 2.65. The lowest BCUT2D eigenvalue weighted by atomic mass is 10.0. The maximum atomic E-state index is 10.4. The summed E-state index contributed by atoms with van der Waals surface area (Å²) in [4.78, 5) is 10.4. The van der Waals surface area contributed by atoms with Crippen molar-refractivity contribution in [1.29, 1.82) is 0 Å². The fraction of sp³-hybridized carbons (Fsp3) is 0.957. The number of carboxylic acid groups (broad SMARTS) is 1. The van der Waals surface area contributed by atoms with Gasteiger partial charge in [-0.3, -0.25) is 4.79 Å². The van der Waals surface area contributed by atoms with Crippen LogP contribution in [-0.4, -0.2) is 23.3 Å². The number of aliphatic carboxylic acids is 1. The van der Waals surface area contributed by atoms with Crippen LogP contribution in [0.4, 0.5) is 0 Å². The van der Waals surface area contributed by atoms with E-state index in [0.717, 1.165) is 20.0 Å².